The van der Waals surface area contributed by atoms with Crippen LogP contribution in [0.2, 0.25) is 10.0 Å². The SMILES string of the molecule is O=C(CSc1cc(Cl)ccc1Cl)NCC(O)C(F)F. The van der Waals surface area contributed by atoms with E-state index in [0.717, 1.165) is 11.8 Å². The van der Waals surface area contributed by atoms with Gasteiger partial charge in [0.15, 0.2) is 0 Å². The minimum Gasteiger partial charge on any atom is -0.385 e. The van der Waals surface area contributed by atoms with Gasteiger partial charge < -0.3 is 10.4 Å². The monoisotopic (exact) mass is 329 g/mol. The molecule has 2 N–H and O–H groups in total. The smallest absolute Gasteiger partial charge is 0.265 e. The van der Waals surface area contributed by atoms with Crippen LogP contribution in [0.5, 0.6) is 0 Å². The van der Waals surface area contributed by atoms with Crippen molar-refractivity contribution in [3.8, 4) is 0 Å². The van der Waals surface area contributed by atoms with Crippen LogP contribution in [-0.2, 0) is 4.79 Å². The number of carbonyl (C=O) groups is 1. The van der Waals surface area contributed by atoms with Gasteiger partial charge >= 0.3 is 0 Å². The van der Waals surface area contributed by atoms with Crippen LogP contribution in [0, 0.1) is 0 Å². The number of carbonyl (C=O) groups excluding carboxylic acids is 1. The first kappa shape index (κ1) is 16.5. The molecule has 1 aromatic carbocycles. The number of nitrogens with one attached hydrogen (secondary N) is 1. The second-order valence-electron chi connectivity index (χ2n) is 3.57. The zero-order valence-electron chi connectivity index (χ0n) is 9.58. The molecule has 0 aromatic heterocycles. The van der Waals surface area contributed by atoms with Crippen LogP contribution in [0.3, 0.4) is 0 Å². The van der Waals surface area contributed by atoms with Gasteiger partial charge in [0.25, 0.3) is 6.43 Å². The van der Waals surface area contributed by atoms with Crippen LogP contribution >= 0.6 is 35.0 Å². The minimum absolute atomic E-state index is 0.00395. The van der Waals surface area contributed by atoms with E-state index < -0.39 is 25.0 Å². The number of amides is 1. The number of rotatable bonds is 6. The van der Waals surface area contributed by atoms with Crippen molar-refractivity contribution in [3.05, 3.63) is 28.2 Å². The highest BCUT2D eigenvalue weighted by Crippen LogP contribution is 2.29. The molecule has 0 aliphatic heterocycles. The topological polar surface area (TPSA) is 49.3 Å². The maximum absolute atomic E-state index is 12.0. The average Bonchev–Trinajstić information content (AvgIpc) is 2.36. The van der Waals surface area contributed by atoms with Gasteiger partial charge in [0, 0.05) is 16.5 Å². The van der Waals surface area contributed by atoms with Crippen molar-refractivity contribution in [3.63, 3.8) is 0 Å². The first-order valence-electron chi connectivity index (χ1n) is 5.21. The van der Waals surface area contributed by atoms with Gasteiger partial charge in [0.1, 0.15) is 6.10 Å². The predicted molar refractivity (Wildman–Crippen MR) is 72.2 cm³/mol. The molecule has 0 radical (unpaired) electrons. The Kier molecular flexibility index (Phi) is 6.85. The zero-order valence-corrected chi connectivity index (χ0v) is 11.9. The highest BCUT2D eigenvalue weighted by molar-refractivity contribution is 8.00. The first-order valence-corrected chi connectivity index (χ1v) is 6.95. The van der Waals surface area contributed by atoms with E-state index >= 15 is 0 Å². The molecule has 1 amide bonds. The lowest BCUT2D eigenvalue weighted by atomic mass is 10.4. The summed E-state index contributed by atoms with van der Waals surface area (Å²) in [4.78, 5) is 12.0. The summed E-state index contributed by atoms with van der Waals surface area (Å²) in [6.45, 7) is -0.486. The summed E-state index contributed by atoms with van der Waals surface area (Å²) in [6.07, 6.45) is -4.74. The van der Waals surface area contributed by atoms with Crippen molar-refractivity contribution >= 4 is 40.9 Å². The normalized spacial score (nSPS) is 12.5. The molecule has 0 saturated carbocycles. The standard InChI is InChI=1S/C11H11Cl2F2NO2S/c12-6-1-2-7(13)9(3-6)19-5-10(18)16-4-8(17)11(14)15/h1-3,8,11,17H,4-5H2,(H,16,18). The molecule has 0 fully saturated rings. The van der Waals surface area contributed by atoms with E-state index in [1.54, 1.807) is 18.2 Å². The van der Waals surface area contributed by atoms with E-state index in [1.807, 2.05) is 0 Å². The van der Waals surface area contributed by atoms with E-state index in [9.17, 15) is 13.6 Å². The van der Waals surface area contributed by atoms with Gasteiger partial charge in [-0.05, 0) is 18.2 Å². The Morgan fingerprint density at radius 3 is 2.74 bits per heavy atom. The second-order valence-corrected chi connectivity index (χ2v) is 5.43. The van der Waals surface area contributed by atoms with E-state index in [2.05, 4.69) is 5.32 Å². The van der Waals surface area contributed by atoms with Crippen LogP contribution in [0.15, 0.2) is 23.1 Å². The molecule has 3 nitrogen and oxygen atoms in total. The van der Waals surface area contributed by atoms with Crippen molar-refractivity contribution in [1.82, 2.24) is 5.32 Å². The summed E-state index contributed by atoms with van der Waals surface area (Å²) in [5.74, 6) is -0.475. The summed E-state index contributed by atoms with van der Waals surface area (Å²) in [5, 5.41) is 12.0. The molecule has 0 bridgehead atoms. The summed E-state index contributed by atoms with van der Waals surface area (Å²) in [6, 6.07) is 4.83. The van der Waals surface area contributed by atoms with Crippen molar-refractivity contribution < 1.29 is 18.7 Å². The fraction of sp³-hybridized carbons (Fsp3) is 0.364. The molecular weight excluding hydrogens is 319 g/mol. The number of hydrogen-bond acceptors (Lipinski definition) is 3. The number of thioether (sulfide) groups is 1. The quantitative estimate of drug-likeness (QED) is 0.789. The Morgan fingerprint density at radius 2 is 2.11 bits per heavy atom. The highest BCUT2D eigenvalue weighted by Gasteiger charge is 2.17. The Hall–Kier alpha value is -0.560. The molecular formula is C11H11Cl2F2NO2S. The third-order valence-corrected chi connectivity index (χ3v) is 3.78. The number of hydrogen-bond donors (Lipinski definition) is 2. The van der Waals surface area contributed by atoms with Gasteiger partial charge in [-0.15, -0.1) is 11.8 Å². The predicted octanol–water partition coefficient (Wildman–Crippen LogP) is 2.83. The van der Waals surface area contributed by atoms with Crippen LogP contribution in [0.1, 0.15) is 0 Å². The highest BCUT2D eigenvalue weighted by atomic mass is 35.5. The summed E-state index contributed by atoms with van der Waals surface area (Å²) in [5.41, 5.74) is 0. The second kappa shape index (κ2) is 7.89. The number of halogens is 4. The van der Waals surface area contributed by atoms with Gasteiger partial charge in [0.2, 0.25) is 5.91 Å². The molecule has 0 saturated heterocycles. The Morgan fingerprint density at radius 1 is 1.42 bits per heavy atom. The summed E-state index contributed by atoms with van der Waals surface area (Å²) < 4.78 is 24.0. The van der Waals surface area contributed by atoms with E-state index in [4.69, 9.17) is 28.3 Å². The Bertz CT molecular complexity index is 449. The minimum atomic E-state index is -2.88. The Labute approximate surface area is 123 Å². The molecule has 0 heterocycles. The largest absolute Gasteiger partial charge is 0.385 e. The maximum Gasteiger partial charge on any atom is 0.265 e. The molecule has 1 unspecified atom stereocenters. The Balaban J connectivity index is 2.40. The van der Waals surface area contributed by atoms with Crippen LogP contribution in [0.25, 0.3) is 0 Å². The number of benzene rings is 1. The maximum atomic E-state index is 12.0. The van der Waals surface area contributed by atoms with Crippen molar-refractivity contribution in [1.29, 1.82) is 0 Å². The van der Waals surface area contributed by atoms with Crippen molar-refractivity contribution in [2.75, 3.05) is 12.3 Å². The molecule has 1 aromatic rings. The van der Waals surface area contributed by atoms with Gasteiger partial charge in [-0.1, -0.05) is 23.2 Å². The van der Waals surface area contributed by atoms with Crippen LogP contribution in [-0.4, -0.2) is 35.8 Å². The lowest BCUT2D eigenvalue weighted by Gasteiger charge is -2.10. The number of aliphatic hydroxyl groups is 1. The molecule has 106 valence electrons. The average molecular weight is 330 g/mol. The third-order valence-electron chi connectivity index (χ3n) is 2.05. The number of aliphatic hydroxyl groups excluding tert-OH is 1. The van der Waals surface area contributed by atoms with Crippen molar-refractivity contribution in [2.24, 2.45) is 0 Å². The molecule has 1 rings (SSSR count). The van der Waals surface area contributed by atoms with Gasteiger partial charge in [0.05, 0.1) is 10.8 Å². The lowest BCUT2D eigenvalue weighted by molar-refractivity contribution is -0.119. The van der Waals surface area contributed by atoms with E-state index in [-0.39, 0.29) is 5.75 Å². The molecule has 8 heteroatoms. The van der Waals surface area contributed by atoms with Gasteiger partial charge in [-0.25, -0.2) is 8.78 Å². The molecule has 0 spiro atoms. The lowest BCUT2D eigenvalue weighted by Crippen LogP contribution is -2.36. The van der Waals surface area contributed by atoms with Crippen molar-refractivity contribution in [2.45, 2.75) is 17.4 Å². The molecule has 1 atom stereocenters. The zero-order chi connectivity index (χ0) is 14.4. The fourth-order valence-corrected chi connectivity index (χ4v) is 2.41. The third kappa shape index (κ3) is 5.95. The molecule has 0 aliphatic rings. The fourth-order valence-electron chi connectivity index (χ4n) is 1.09. The van der Waals surface area contributed by atoms with E-state index in [0.29, 0.717) is 14.9 Å². The van der Waals surface area contributed by atoms with Gasteiger partial charge in [-0.3, -0.25) is 4.79 Å². The van der Waals surface area contributed by atoms with E-state index in [1.165, 1.54) is 0 Å². The summed E-state index contributed by atoms with van der Waals surface area (Å²) in [7, 11) is 0. The summed E-state index contributed by atoms with van der Waals surface area (Å²) >= 11 is 12.8. The van der Waals surface area contributed by atoms with Gasteiger partial charge in [-0.2, -0.15) is 0 Å². The van der Waals surface area contributed by atoms with Crippen LogP contribution < -0.4 is 5.32 Å². The molecule has 19 heavy (non-hydrogen) atoms. The first-order chi connectivity index (χ1) is 8.90. The number of alkyl halides is 2. The van der Waals surface area contributed by atoms with Crippen LogP contribution in [0.4, 0.5) is 8.78 Å². The molecule has 0 aliphatic carbocycles.